The average molecular weight is 452 g/mol. The van der Waals surface area contributed by atoms with Gasteiger partial charge in [-0.15, -0.1) is 0 Å². The van der Waals surface area contributed by atoms with Gasteiger partial charge in [-0.05, 0) is 24.6 Å². The molecular weight excluding hydrogens is 432 g/mol. The molecular formula is C24H20N8O2. The molecule has 1 aliphatic heterocycles. The first-order valence-electron chi connectivity index (χ1n) is 10.9. The Balaban J connectivity index is 1.50. The van der Waals surface area contributed by atoms with Crippen LogP contribution in [0.2, 0.25) is 0 Å². The van der Waals surface area contributed by atoms with Crippen molar-refractivity contribution < 1.29 is 9.59 Å². The Labute approximate surface area is 193 Å². The Morgan fingerprint density at radius 3 is 2.65 bits per heavy atom. The van der Waals surface area contributed by atoms with Crippen LogP contribution in [-0.2, 0) is 29.7 Å². The summed E-state index contributed by atoms with van der Waals surface area (Å²) in [5.41, 5.74) is 3.40. The Kier molecular flexibility index (Phi) is 4.58. The number of carbonyl (C=O) groups is 2. The predicted octanol–water partition coefficient (Wildman–Crippen LogP) is 2.17. The number of imide groups is 1. The van der Waals surface area contributed by atoms with E-state index in [0.717, 1.165) is 35.8 Å². The average Bonchev–Trinajstić information content (AvgIpc) is 3.61. The lowest BCUT2D eigenvalue weighted by molar-refractivity contribution is -0.122. The fraction of sp³-hybridized carbons (Fsp3) is 0.167. The zero-order valence-electron chi connectivity index (χ0n) is 18.3. The van der Waals surface area contributed by atoms with Crippen LogP contribution in [0.4, 0.5) is 0 Å². The van der Waals surface area contributed by atoms with E-state index in [1.807, 2.05) is 36.5 Å². The maximum atomic E-state index is 13.1. The van der Waals surface area contributed by atoms with Crippen molar-refractivity contribution in [1.29, 1.82) is 0 Å². The molecule has 2 amide bonds. The SMILES string of the molecule is Cn1nc(C2=C(c3cn(CCCn4cncn4)c4ccccc34)C(=O)NC2=O)c2cccnc21. The van der Waals surface area contributed by atoms with Crippen LogP contribution in [-0.4, -0.2) is 45.9 Å². The molecule has 0 aliphatic carbocycles. The lowest BCUT2D eigenvalue weighted by atomic mass is 9.98. The van der Waals surface area contributed by atoms with Crippen LogP contribution in [0.15, 0.2) is 61.4 Å². The summed E-state index contributed by atoms with van der Waals surface area (Å²) < 4.78 is 5.52. The molecule has 0 bridgehead atoms. The van der Waals surface area contributed by atoms with Gasteiger partial charge in [0.25, 0.3) is 11.8 Å². The summed E-state index contributed by atoms with van der Waals surface area (Å²) in [7, 11) is 1.77. The van der Waals surface area contributed by atoms with E-state index >= 15 is 0 Å². The molecule has 5 aromatic rings. The van der Waals surface area contributed by atoms with Gasteiger partial charge in [0, 0.05) is 54.4 Å². The number of nitrogens with one attached hydrogen (secondary N) is 1. The molecule has 0 unspecified atom stereocenters. The van der Waals surface area contributed by atoms with Crippen molar-refractivity contribution in [3.05, 3.63) is 72.7 Å². The summed E-state index contributed by atoms with van der Waals surface area (Å²) in [6.45, 7) is 1.44. The standard InChI is InChI=1S/C24H20N8O2/c1-30-22-16(7-4-9-26-22)21(29-30)20-19(23(33)28-24(20)34)17-12-31(18-8-3-2-6-15(17)18)10-5-11-32-14-25-13-27-32/h2-4,6-9,12-14H,5,10-11H2,1H3,(H,28,33,34). The third kappa shape index (κ3) is 3.11. The zero-order chi connectivity index (χ0) is 23.2. The highest BCUT2D eigenvalue weighted by Gasteiger charge is 2.36. The van der Waals surface area contributed by atoms with Gasteiger partial charge in [0.1, 0.15) is 18.3 Å². The van der Waals surface area contributed by atoms with Crippen LogP contribution in [0.25, 0.3) is 33.1 Å². The van der Waals surface area contributed by atoms with E-state index in [1.54, 1.807) is 35.0 Å². The quantitative estimate of drug-likeness (QED) is 0.395. The third-order valence-electron chi connectivity index (χ3n) is 6.08. The van der Waals surface area contributed by atoms with Crippen LogP contribution >= 0.6 is 0 Å². The van der Waals surface area contributed by atoms with Crippen molar-refractivity contribution in [2.75, 3.05) is 0 Å². The summed E-state index contributed by atoms with van der Waals surface area (Å²) in [6, 6.07) is 11.5. The largest absolute Gasteiger partial charge is 0.347 e. The van der Waals surface area contributed by atoms with Crippen LogP contribution in [0.3, 0.4) is 0 Å². The summed E-state index contributed by atoms with van der Waals surface area (Å²) in [5.74, 6) is -0.875. The topological polar surface area (TPSA) is 113 Å². The summed E-state index contributed by atoms with van der Waals surface area (Å²) in [4.78, 5) is 34.4. The monoisotopic (exact) mass is 452 g/mol. The fourth-order valence-electron chi connectivity index (χ4n) is 4.60. The predicted molar refractivity (Wildman–Crippen MR) is 125 cm³/mol. The van der Waals surface area contributed by atoms with Gasteiger partial charge in [-0.1, -0.05) is 18.2 Å². The number of amides is 2. The van der Waals surface area contributed by atoms with E-state index in [1.165, 1.54) is 6.33 Å². The molecule has 0 saturated carbocycles. The minimum atomic E-state index is -0.452. The van der Waals surface area contributed by atoms with E-state index in [9.17, 15) is 9.59 Å². The molecule has 1 aromatic carbocycles. The lowest BCUT2D eigenvalue weighted by Crippen LogP contribution is -2.22. The molecule has 10 nitrogen and oxygen atoms in total. The number of aryl methyl sites for hydroxylation is 3. The Morgan fingerprint density at radius 1 is 0.971 bits per heavy atom. The minimum Gasteiger partial charge on any atom is -0.347 e. The smallest absolute Gasteiger partial charge is 0.261 e. The van der Waals surface area contributed by atoms with Crippen LogP contribution in [0, 0.1) is 0 Å². The fourth-order valence-corrected chi connectivity index (χ4v) is 4.60. The van der Waals surface area contributed by atoms with E-state index in [0.29, 0.717) is 22.5 Å². The number of fused-ring (bicyclic) bond motifs is 2. The van der Waals surface area contributed by atoms with Crippen molar-refractivity contribution in [3.63, 3.8) is 0 Å². The second-order valence-corrected chi connectivity index (χ2v) is 8.15. The first-order valence-corrected chi connectivity index (χ1v) is 10.9. The van der Waals surface area contributed by atoms with Gasteiger partial charge in [0.15, 0.2) is 5.65 Å². The molecule has 168 valence electrons. The maximum absolute atomic E-state index is 13.1. The number of rotatable bonds is 6. The number of benzene rings is 1. The molecule has 4 aromatic heterocycles. The highest BCUT2D eigenvalue weighted by molar-refractivity contribution is 6.50. The van der Waals surface area contributed by atoms with Gasteiger partial charge in [-0.2, -0.15) is 10.2 Å². The molecule has 0 saturated heterocycles. The van der Waals surface area contributed by atoms with Gasteiger partial charge >= 0.3 is 0 Å². The van der Waals surface area contributed by atoms with Gasteiger partial charge in [0.2, 0.25) is 0 Å². The van der Waals surface area contributed by atoms with Crippen LogP contribution in [0.1, 0.15) is 17.7 Å². The van der Waals surface area contributed by atoms with Crippen LogP contribution in [0.5, 0.6) is 0 Å². The first-order chi connectivity index (χ1) is 16.6. The molecule has 0 atom stereocenters. The number of aromatic nitrogens is 7. The molecule has 1 N–H and O–H groups in total. The molecule has 6 rings (SSSR count). The van der Waals surface area contributed by atoms with Gasteiger partial charge < -0.3 is 4.57 Å². The van der Waals surface area contributed by atoms with E-state index in [4.69, 9.17) is 0 Å². The second-order valence-electron chi connectivity index (χ2n) is 8.15. The third-order valence-corrected chi connectivity index (χ3v) is 6.08. The molecule has 0 radical (unpaired) electrons. The number of para-hydroxylation sites is 1. The minimum absolute atomic E-state index is 0.272. The molecule has 0 spiro atoms. The Hall–Kier alpha value is -4.60. The number of carbonyl (C=O) groups excluding carboxylic acids is 2. The number of hydrogen-bond donors (Lipinski definition) is 1. The van der Waals surface area contributed by atoms with Crippen molar-refractivity contribution in [1.82, 2.24) is 39.4 Å². The van der Waals surface area contributed by atoms with Crippen molar-refractivity contribution in [3.8, 4) is 0 Å². The molecule has 10 heteroatoms. The number of hydrogen-bond acceptors (Lipinski definition) is 6. The summed E-state index contributed by atoms with van der Waals surface area (Å²) in [5, 5.41) is 12.8. The van der Waals surface area contributed by atoms with Gasteiger partial charge in [-0.3, -0.25) is 19.6 Å². The van der Waals surface area contributed by atoms with Crippen molar-refractivity contribution in [2.45, 2.75) is 19.5 Å². The van der Waals surface area contributed by atoms with Crippen molar-refractivity contribution in [2.24, 2.45) is 7.05 Å². The normalized spacial score (nSPS) is 14.0. The molecule has 34 heavy (non-hydrogen) atoms. The molecule has 5 heterocycles. The Bertz CT molecular complexity index is 1610. The number of pyridine rings is 1. The first kappa shape index (κ1) is 20.0. The zero-order valence-corrected chi connectivity index (χ0v) is 18.3. The summed E-state index contributed by atoms with van der Waals surface area (Å²) >= 11 is 0. The van der Waals surface area contributed by atoms with Gasteiger partial charge in [-0.25, -0.2) is 14.6 Å². The van der Waals surface area contributed by atoms with Crippen LogP contribution < -0.4 is 5.32 Å². The Morgan fingerprint density at radius 2 is 1.79 bits per heavy atom. The molecule has 0 fully saturated rings. The van der Waals surface area contributed by atoms with Gasteiger partial charge in [0.05, 0.1) is 11.1 Å². The summed E-state index contributed by atoms with van der Waals surface area (Å²) in [6.07, 6.45) is 7.66. The highest BCUT2D eigenvalue weighted by Crippen LogP contribution is 2.37. The number of nitrogens with zero attached hydrogens (tertiary/aromatic N) is 7. The van der Waals surface area contributed by atoms with E-state index < -0.39 is 11.8 Å². The molecule has 1 aliphatic rings. The van der Waals surface area contributed by atoms with E-state index in [-0.39, 0.29) is 5.57 Å². The lowest BCUT2D eigenvalue weighted by Gasteiger charge is -2.05. The highest BCUT2D eigenvalue weighted by atomic mass is 16.2. The second kappa shape index (κ2) is 7.77. The van der Waals surface area contributed by atoms with E-state index in [2.05, 4.69) is 30.0 Å². The maximum Gasteiger partial charge on any atom is 0.261 e. The van der Waals surface area contributed by atoms with Crippen molar-refractivity contribution >= 4 is 44.9 Å².